The summed E-state index contributed by atoms with van der Waals surface area (Å²) < 4.78 is 24.2. The highest BCUT2D eigenvalue weighted by Gasteiger charge is 2.27. The maximum Gasteiger partial charge on any atom is 0.227 e. The molecule has 1 atom stereocenters. The van der Waals surface area contributed by atoms with Crippen LogP contribution < -0.4 is 4.74 Å². The Morgan fingerprint density at radius 1 is 1.23 bits per heavy atom. The number of ether oxygens (including phenoxy) is 2. The van der Waals surface area contributed by atoms with E-state index in [4.69, 9.17) is 14.5 Å². The zero-order valence-electron chi connectivity index (χ0n) is 16.6. The Morgan fingerprint density at radius 3 is 2.87 bits per heavy atom. The maximum atomic E-state index is 13.1. The standard InChI is InChI=1S/C23H22FN3O3/c1-29-19-4-2-3-17(12-19)20-13-25-14-21(26-20)22-15-27(9-10-30-22)23(28)11-16-5-7-18(24)8-6-16/h2-8,12-14,22H,9-11,15H2,1H3/t22-/m1/s1. The predicted octanol–water partition coefficient (Wildman–Crippen LogP) is 3.43. The van der Waals surface area contributed by atoms with Crippen molar-refractivity contribution < 1.29 is 18.7 Å². The zero-order chi connectivity index (χ0) is 20.9. The molecule has 2 aromatic carbocycles. The van der Waals surface area contributed by atoms with Gasteiger partial charge in [0, 0.05) is 12.1 Å². The van der Waals surface area contributed by atoms with Crippen molar-refractivity contribution >= 4 is 5.91 Å². The molecule has 1 aromatic heterocycles. The van der Waals surface area contributed by atoms with Crippen LogP contribution in [0.15, 0.2) is 60.9 Å². The molecule has 3 aromatic rings. The molecule has 1 fully saturated rings. The van der Waals surface area contributed by atoms with Crippen LogP contribution >= 0.6 is 0 Å². The molecule has 7 heteroatoms. The molecule has 1 saturated heterocycles. The maximum absolute atomic E-state index is 13.1. The molecule has 0 radical (unpaired) electrons. The van der Waals surface area contributed by atoms with Gasteiger partial charge in [-0.25, -0.2) is 9.37 Å². The first-order valence-electron chi connectivity index (χ1n) is 9.72. The van der Waals surface area contributed by atoms with Crippen molar-refractivity contribution in [2.45, 2.75) is 12.5 Å². The fraction of sp³-hybridized carbons (Fsp3) is 0.261. The molecule has 1 aliphatic heterocycles. The lowest BCUT2D eigenvalue weighted by atomic mass is 10.1. The molecule has 0 N–H and O–H groups in total. The predicted molar refractivity (Wildman–Crippen MR) is 109 cm³/mol. The average Bonchev–Trinajstić information content (AvgIpc) is 2.81. The number of benzene rings is 2. The van der Waals surface area contributed by atoms with Crippen LogP contribution in [-0.4, -0.2) is 47.6 Å². The van der Waals surface area contributed by atoms with Crippen LogP contribution in [0.1, 0.15) is 17.4 Å². The van der Waals surface area contributed by atoms with E-state index in [9.17, 15) is 9.18 Å². The van der Waals surface area contributed by atoms with Gasteiger partial charge >= 0.3 is 0 Å². The molecule has 30 heavy (non-hydrogen) atoms. The number of morpholine rings is 1. The van der Waals surface area contributed by atoms with Crippen LogP contribution in [-0.2, 0) is 16.0 Å². The third-order valence-electron chi connectivity index (χ3n) is 5.04. The molecule has 0 spiro atoms. The Labute approximate surface area is 174 Å². The summed E-state index contributed by atoms with van der Waals surface area (Å²) in [5.41, 5.74) is 3.06. The largest absolute Gasteiger partial charge is 0.497 e. The number of carbonyl (C=O) groups excluding carboxylic acids is 1. The minimum atomic E-state index is -0.353. The van der Waals surface area contributed by atoms with Gasteiger partial charge in [-0.2, -0.15) is 0 Å². The summed E-state index contributed by atoms with van der Waals surface area (Å²) in [4.78, 5) is 23.5. The number of hydrogen-bond donors (Lipinski definition) is 0. The van der Waals surface area contributed by atoms with Crippen LogP contribution in [0, 0.1) is 5.82 Å². The Balaban J connectivity index is 1.47. The molecule has 1 amide bonds. The van der Waals surface area contributed by atoms with Gasteiger partial charge in [0.05, 0.1) is 50.5 Å². The first-order valence-corrected chi connectivity index (χ1v) is 9.72. The number of hydrogen-bond acceptors (Lipinski definition) is 5. The first kappa shape index (κ1) is 20.0. The van der Waals surface area contributed by atoms with Crippen molar-refractivity contribution in [3.63, 3.8) is 0 Å². The second-order valence-electron chi connectivity index (χ2n) is 7.06. The van der Waals surface area contributed by atoms with Crippen LogP contribution in [0.5, 0.6) is 5.75 Å². The van der Waals surface area contributed by atoms with Crippen molar-refractivity contribution in [2.24, 2.45) is 0 Å². The number of aromatic nitrogens is 2. The van der Waals surface area contributed by atoms with Crippen molar-refractivity contribution in [1.29, 1.82) is 0 Å². The van der Waals surface area contributed by atoms with Crippen LogP contribution in [0.4, 0.5) is 4.39 Å². The third-order valence-corrected chi connectivity index (χ3v) is 5.04. The van der Waals surface area contributed by atoms with E-state index < -0.39 is 0 Å². The summed E-state index contributed by atoms with van der Waals surface area (Å²) in [6.45, 7) is 1.33. The monoisotopic (exact) mass is 407 g/mol. The minimum absolute atomic E-state index is 0.0215. The lowest BCUT2D eigenvalue weighted by Gasteiger charge is -2.32. The summed E-state index contributed by atoms with van der Waals surface area (Å²) in [5, 5.41) is 0. The lowest BCUT2D eigenvalue weighted by molar-refractivity contribution is -0.138. The van der Waals surface area contributed by atoms with Crippen molar-refractivity contribution in [1.82, 2.24) is 14.9 Å². The van der Waals surface area contributed by atoms with Gasteiger partial charge in [0.2, 0.25) is 5.91 Å². The zero-order valence-corrected chi connectivity index (χ0v) is 16.6. The van der Waals surface area contributed by atoms with Crippen LogP contribution in [0.25, 0.3) is 11.3 Å². The van der Waals surface area contributed by atoms with Crippen molar-refractivity contribution in [3.05, 3.63) is 78.0 Å². The van der Waals surface area contributed by atoms with E-state index in [1.54, 1.807) is 36.5 Å². The highest BCUT2D eigenvalue weighted by Crippen LogP contribution is 2.25. The fourth-order valence-electron chi connectivity index (χ4n) is 3.40. The average molecular weight is 407 g/mol. The quantitative estimate of drug-likeness (QED) is 0.648. The molecule has 0 aliphatic carbocycles. The smallest absolute Gasteiger partial charge is 0.227 e. The van der Waals surface area contributed by atoms with E-state index >= 15 is 0 Å². The molecule has 4 rings (SSSR count). The molecule has 0 bridgehead atoms. The van der Waals surface area contributed by atoms with E-state index in [-0.39, 0.29) is 24.2 Å². The van der Waals surface area contributed by atoms with Gasteiger partial charge < -0.3 is 14.4 Å². The Morgan fingerprint density at radius 2 is 2.07 bits per heavy atom. The Bertz CT molecular complexity index is 1030. The fourth-order valence-corrected chi connectivity index (χ4v) is 3.40. The Kier molecular flexibility index (Phi) is 5.99. The SMILES string of the molecule is COc1cccc(-c2cncc([C@H]3CN(C(=O)Cc4ccc(F)cc4)CCO3)n2)c1. The molecule has 0 saturated carbocycles. The summed E-state index contributed by atoms with van der Waals surface area (Å²) >= 11 is 0. The number of rotatable bonds is 5. The molecule has 2 heterocycles. The summed E-state index contributed by atoms with van der Waals surface area (Å²) in [6, 6.07) is 13.6. The van der Waals surface area contributed by atoms with E-state index in [1.807, 2.05) is 24.3 Å². The second-order valence-corrected chi connectivity index (χ2v) is 7.06. The first-order chi connectivity index (χ1) is 14.6. The number of carbonyl (C=O) groups is 1. The minimum Gasteiger partial charge on any atom is -0.497 e. The van der Waals surface area contributed by atoms with Gasteiger partial charge in [-0.3, -0.25) is 9.78 Å². The van der Waals surface area contributed by atoms with Crippen LogP contribution in [0.3, 0.4) is 0 Å². The highest BCUT2D eigenvalue weighted by atomic mass is 19.1. The molecule has 1 aliphatic rings. The number of halogens is 1. The van der Waals surface area contributed by atoms with E-state index in [2.05, 4.69) is 4.98 Å². The third kappa shape index (κ3) is 4.63. The molecular weight excluding hydrogens is 385 g/mol. The van der Waals surface area contributed by atoms with Crippen molar-refractivity contribution in [2.75, 3.05) is 26.8 Å². The van der Waals surface area contributed by atoms with Gasteiger partial charge in [0.15, 0.2) is 0 Å². The number of nitrogens with zero attached hydrogens (tertiary/aromatic N) is 3. The van der Waals surface area contributed by atoms with E-state index in [0.29, 0.717) is 31.1 Å². The van der Waals surface area contributed by atoms with Gasteiger partial charge in [0.1, 0.15) is 17.7 Å². The van der Waals surface area contributed by atoms with Gasteiger partial charge in [-0.05, 0) is 29.8 Å². The van der Waals surface area contributed by atoms with Gasteiger partial charge in [-0.15, -0.1) is 0 Å². The van der Waals surface area contributed by atoms with Crippen LogP contribution in [0.2, 0.25) is 0 Å². The summed E-state index contributed by atoms with van der Waals surface area (Å²) in [7, 11) is 1.62. The molecular formula is C23H22FN3O3. The molecule has 154 valence electrons. The van der Waals surface area contributed by atoms with Gasteiger partial charge in [0.25, 0.3) is 0 Å². The highest BCUT2D eigenvalue weighted by molar-refractivity contribution is 5.79. The van der Waals surface area contributed by atoms with E-state index in [0.717, 1.165) is 16.9 Å². The summed E-state index contributed by atoms with van der Waals surface area (Å²) in [6.07, 6.45) is 3.23. The lowest BCUT2D eigenvalue weighted by Crippen LogP contribution is -2.43. The normalized spacial score (nSPS) is 16.3. The number of methoxy groups -OCH3 is 1. The summed E-state index contributed by atoms with van der Waals surface area (Å²) in [5.74, 6) is 0.408. The molecule has 6 nitrogen and oxygen atoms in total. The van der Waals surface area contributed by atoms with E-state index in [1.165, 1.54) is 12.1 Å². The number of amides is 1. The second kappa shape index (κ2) is 9.00. The molecule has 0 unspecified atom stereocenters. The topological polar surface area (TPSA) is 64.5 Å². The van der Waals surface area contributed by atoms with Crippen molar-refractivity contribution in [3.8, 4) is 17.0 Å². The Hall–Kier alpha value is -3.32. The van der Waals surface area contributed by atoms with Gasteiger partial charge in [-0.1, -0.05) is 24.3 Å².